The van der Waals surface area contributed by atoms with Crippen molar-refractivity contribution in [1.82, 2.24) is 14.9 Å². The van der Waals surface area contributed by atoms with E-state index in [1.807, 2.05) is 0 Å². The van der Waals surface area contributed by atoms with Crippen molar-refractivity contribution in [3.63, 3.8) is 0 Å². The number of rotatable bonds is 7. The fourth-order valence-corrected chi connectivity index (χ4v) is 3.53. The first-order valence-corrected chi connectivity index (χ1v) is 10.5. The molecular weight excluding hydrogens is 338 g/mol. The van der Waals surface area contributed by atoms with Crippen LogP contribution in [0.2, 0.25) is 0 Å². The molecule has 1 heterocycles. The zero-order chi connectivity index (χ0) is 18.6. The Morgan fingerprint density at radius 1 is 1.24 bits per heavy atom. The molecule has 0 aromatic heterocycles. The van der Waals surface area contributed by atoms with Crippen molar-refractivity contribution in [2.24, 2.45) is 5.92 Å². The number of benzene rings is 1. The van der Waals surface area contributed by atoms with E-state index in [1.165, 1.54) is 0 Å². The van der Waals surface area contributed by atoms with Crippen molar-refractivity contribution in [1.29, 1.82) is 0 Å². The van der Waals surface area contributed by atoms with Crippen LogP contribution in [-0.4, -0.2) is 50.2 Å². The molecule has 0 aliphatic carbocycles. The lowest BCUT2D eigenvalue weighted by molar-refractivity contribution is 0.0930. The van der Waals surface area contributed by atoms with Crippen LogP contribution in [0.4, 0.5) is 0 Å². The highest BCUT2D eigenvalue weighted by Crippen LogP contribution is 2.19. The van der Waals surface area contributed by atoms with Gasteiger partial charge in [0.05, 0.1) is 5.75 Å². The van der Waals surface area contributed by atoms with Gasteiger partial charge in [-0.3, -0.25) is 9.69 Å². The predicted molar refractivity (Wildman–Crippen MR) is 99.9 cm³/mol. The summed E-state index contributed by atoms with van der Waals surface area (Å²) < 4.78 is 25.5. The maximum Gasteiger partial charge on any atom is 0.251 e. The quantitative estimate of drug-likeness (QED) is 0.767. The first-order chi connectivity index (χ1) is 11.7. The molecule has 0 bridgehead atoms. The highest BCUT2D eigenvalue weighted by Gasteiger charge is 2.31. The van der Waals surface area contributed by atoms with E-state index in [0.29, 0.717) is 17.5 Å². The van der Waals surface area contributed by atoms with Crippen LogP contribution >= 0.6 is 0 Å². The summed E-state index contributed by atoms with van der Waals surface area (Å²) in [4.78, 5) is 14.8. The standard InChI is InChI=1S/C18H29N3O3S/c1-5-25(23,24)19-10-15-6-8-16(9-7-15)18(22)20-17-12-21(13(2)3)11-14(17)4/h6-9,13-14,17,19H,5,10-12H2,1-4H3,(H,20,22). The molecule has 7 heteroatoms. The number of likely N-dealkylation sites (tertiary alicyclic amines) is 1. The fraction of sp³-hybridized carbons (Fsp3) is 0.611. The molecule has 1 aromatic carbocycles. The van der Waals surface area contributed by atoms with Crippen molar-refractivity contribution in [2.45, 2.75) is 46.3 Å². The molecule has 0 radical (unpaired) electrons. The molecule has 1 aromatic rings. The number of amides is 1. The van der Waals surface area contributed by atoms with Crippen molar-refractivity contribution in [3.8, 4) is 0 Å². The van der Waals surface area contributed by atoms with Crippen molar-refractivity contribution in [3.05, 3.63) is 35.4 Å². The molecule has 1 saturated heterocycles. The van der Waals surface area contributed by atoms with E-state index in [2.05, 4.69) is 35.7 Å². The SMILES string of the molecule is CCS(=O)(=O)NCc1ccc(C(=O)NC2CN(C(C)C)CC2C)cc1. The minimum Gasteiger partial charge on any atom is -0.348 e. The maximum absolute atomic E-state index is 12.5. The van der Waals surface area contributed by atoms with Crippen molar-refractivity contribution >= 4 is 15.9 Å². The molecule has 140 valence electrons. The van der Waals surface area contributed by atoms with Gasteiger partial charge in [0.25, 0.3) is 5.91 Å². The molecular formula is C18H29N3O3S. The smallest absolute Gasteiger partial charge is 0.251 e. The van der Waals surface area contributed by atoms with Crippen LogP contribution in [0, 0.1) is 5.92 Å². The topological polar surface area (TPSA) is 78.5 Å². The summed E-state index contributed by atoms with van der Waals surface area (Å²) in [6.07, 6.45) is 0. The summed E-state index contributed by atoms with van der Waals surface area (Å²) in [7, 11) is -3.21. The van der Waals surface area contributed by atoms with Crippen LogP contribution in [-0.2, 0) is 16.6 Å². The zero-order valence-electron chi connectivity index (χ0n) is 15.5. The molecule has 0 saturated carbocycles. The largest absolute Gasteiger partial charge is 0.348 e. The second-order valence-electron chi connectivity index (χ2n) is 7.03. The van der Waals surface area contributed by atoms with Gasteiger partial charge < -0.3 is 5.32 Å². The monoisotopic (exact) mass is 367 g/mol. The van der Waals surface area contributed by atoms with E-state index in [9.17, 15) is 13.2 Å². The van der Waals surface area contributed by atoms with E-state index in [-0.39, 0.29) is 24.2 Å². The normalized spacial score (nSPS) is 21.6. The summed E-state index contributed by atoms with van der Waals surface area (Å²) in [5.74, 6) is 0.401. The Balaban J connectivity index is 1.92. The lowest BCUT2D eigenvalue weighted by Gasteiger charge is -2.20. The molecule has 1 aliphatic rings. The minimum atomic E-state index is -3.21. The zero-order valence-corrected chi connectivity index (χ0v) is 16.3. The predicted octanol–water partition coefficient (Wildman–Crippen LogP) is 1.58. The summed E-state index contributed by atoms with van der Waals surface area (Å²) in [6.45, 7) is 10.2. The van der Waals surface area contributed by atoms with E-state index in [1.54, 1.807) is 31.2 Å². The highest BCUT2D eigenvalue weighted by molar-refractivity contribution is 7.89. The highest BCUT2D eigenvalue weighted by atomic mass is 32.2. The number of carbonyl (C=O) groups is 1. The Bertz CT molecular complexity index is 686. The van der Waals surface area contributed by atoms with Gasteiger partial charge in [0.1, 0.15) is 0 Å². The van der Waals surface area contributed by atoms with Gasteiger partial charge in [-0.05, 0) is 44.4 Å². The van der Waals surface area contributed by atoms with Gasteiger partial charge in [0.15, 0.2) is 0 Å². The number of sulfonamides is 1. The Morgan fingerprint density at radius 3 is 2.40 bits per heavy atom. The molecule has 1 fully saturated rings. The Hall–Kier alpha value is -1.44. The molecule has 2 atom stereocenters. The Morgan fingerprint density at radius 2 is 1.88 bits per heavy atom. The summed E-state index contributed by atoms with van der Waals surface area (Å²) in [5, 5.41) is 3.12. The van der Waals surface area contributed by atoms with Gasteiger partial charge in [-0.15, -0.1) is 0 Å². The number of carbonyl (C=O) groups excluding carboxylic acids is 1. The summed E-state index contributed by atoms with van der Waals surface area (Å²) >= 11 is 0. The molecule has 0 spiro atoms. The first kappa shape index (κ1) is 19.9. The second kappa shape index (κ2) is 8.29. The molecule has 25 heavy (non-hydrogen) atoms. The minimum absolute atomic E-state index is 0.0560. The third kappa shape index (κ3) is 5.52. The number of hydrogen-bond acceptors (Lipinski definition) is 4. The number of nitrogens with one attached hydrogen (secondary N) is 2. The number of nitrogens with zero attached hydrogens (tertiary/aromatic N) is 1. The third-order valence-corrected chi connectivity index (χ3v) is 6.12. The summed E-state index contributed by atoms with van der Waals surface area (Å²) in [5.41, 5.74) is 1.42. The van der Waals surface area contributed by atoms with Crippen LogP contribution in [0.1, 0.15) is 43.6 Å². The molecule has 2 rings (SSSR count). The lowest BCUT2D eigenvalue weighted by atomic mass is 10.1. The number of hydrogen-bond donors (Lipinski definition) is 2. The lowest BCUT2D eigenvalue weighted by Crippen LogP contribution is -2.40. The molecule has 2 unspecified atom stereocenters. The van der Waals surface area contributed by atoms with Crippen molar-refractivity contribution < 1.29 is 13.2 Å². The first-order valence-electron chi connectivity index (χ1n) is 8.83. The van der Waals surface area contributed by atoms with Crippen LogP contribution in [0.5, 0.6) is 0 Å². The Kier molecular flexibility index (Phi) is 6.59. The van der Waals surface area contributed by atoms with E-state index in [4.69, 9.17) is 0 Å². The van der Waals surface area contributed by atoms with Crippen LogP contribution in [0.25, 0.3) is 0 Å². The van der Waals surface area contributed by atoms with E-state index < -0.39 is 10.0 Å². The van der Waals surface area contributed by atoms with Gasteiger partial charge in [0, 0.05) is 37.3 Å². The van der Waals surface area contributed by atoms with E-state index in [0.717, 1.165) is 18.7 Å². The maximum atomic E-state index is 12.5. The van der Waals surface area contributed by atoms with Gasteiger partial charge in [0.2, 0.25) is 10.0 Å². The average Bonchev–Trinajstić information content (AvgIpc) is 2.94. The second-order valence-corrected chi connectivity index (χ2v) is 9.12. The molecule has 6 nitrogen and oxygen atoms in total. The summed E-state index contributed by atoms with van der Waals surface area (Å²) in [6, 6.07) is 7.69. The average molecular weight is 368 g/mol. The Labute approximate surface area is 151 Å². The van der Waals surface area contributed by atoms with Gasteiger partial charge in [-0.25, -0.2) is 13.1 Å². The van der Waals surface area contributed by atoms with Gasteiger partial charge in [-0.1, -0.05) is 19.1 Å². The van der Waals surface area contributed by atoms with E-state index >= 15 is 0 Å². The molecule has 2 N–H and O–H groups in total. The van der Waals surface area contributed by atoms with Crippen LogP contribution in [0.3, 0.4) is 0 Å². The fourth-order valence-electron chi connectivity index (χ4n) is 2.93. The van der Waals surface area contributed by atoms with Gasteiger partial charge >= 0.3 is 0 Å². The molecule has 1 aliphatic heterocycles. The van der Waals surface area contributed by atoms with Crippen LogP contribution < -0.4 is 10.0 Å². The third-order valence-electron chi connectivity index (χ3n) is 4.78. The van der Waals surface area contributed by atoms with Gasteiger partial charge in [-0.2, -0.15) is 0 Å². The molecule has 1 amide bonds. The van der Waals surface area contributed by atoms with Crippen molar-refractivity contribution in [2.75, 3.05) is 18.8 Å². The van der Waals surface area contributed by atoms with Crippen LogP contribution in [0.15, 0.2) is 24.3 Å².